The molecule has 21 heavy (non-hydrogen) atoms. The van der Waals surface area contributed by atoms with Crippen molar-refractivity contribution in [2.45, 2.75) is 12.3 Å². The maximum atomic E-state index is 12.0. The number of hydrogen-bond donors (Lipinski definition) is 2. The average Bonchev–Trinajstić information content (AvgIpc) is 2.97. The van der Waals surface area contributed by atoms with Crippen molar-refractivity contribution in [3.63, 3.8) is 0 Å². The number of hydrogen-bond acceptors (Lipinski definition) is 4. The summed E-state index contributed by atoms with van der Waals surface area (Å²) >= 11 is 3.26. The molecule has 0 unspecified atom stereocenters. The van der Waals surface area contributed by atoms with Gasteiger partial charge in [0.25, 0.3) is 0 Å². The van der Waals surface area contributed by atoms with Crippen LogP contribution in [0.2, 0.25) is 0 Å². The third kappa shape index (κ3) is 4.21. The number of thiophene rings is 1. The maximum Gasteiger partial charge on any atom is 0.239 e. The number of aryl methyl sites for hydroxylation is 1. The number of carbonyl (C=O) groups excluding carboxylic acids is 2. The molecule has 0 spiro atoms. The summed E-state index contributed by atoms with van der Waals surface area (Å²) in [6, 6.07) is 2.06. The van der Waals surface area contributed by atoms with Crippen LogP contribution in [0.25, 0.3) is 0 Å². The van der Waals surface area contributed by atoms with Crippen LogP contribution < -0.4 is 10.2 Å². The molecule has 0 bridgehead atoms. The van der Waals surface area contributed by atoms with E-state index >= 15 is 0 Å². The highest BCUT2D eigenvalue weighted by atomic mass is 32.2. The lowest BCUT2D eigenvalue weighted by atomic mass is 10.2. The minimum atomic E-state index is -0.0775. The lowest BCUT2D eigenvalue weighted by molar-refractivity contribution is -0.856. The molecule has 116 valence electrons. The SMILES string of the molecule is Cc1ccsc1[C@H]1SCC(=O)N1CC(=O)NCC[NH+](C)C. The summed E-state index contributed by atoms with van der Waals surface area (Å²) in [5, 5.41) is 4.90. The van der Waals surface area contributed by atoms with E-state index in [0.717, 1.165) is 6.54 Å². The van der Waals surface area contributed by atoms with Crippen LogP contribution in [-0.2, 0) is 9.59 Å². The Morgan fingerprint density at radius 3 is 2.90 bits per heavy atom. The van der Waals surface area contributed by atoms with E-state index < -0.39 is 0 Å². The van der Waals surface area contributed by atoms with Crippen molar-refractivity contribution in [2.75, 3.05) is 39.5 Å². The van der Waals surface area contributed by atoms with Gasteiger partial charge in [-0.15, -0.1) is 23.1 Å². The summed E-state index contributed by atoms with van der Waals surface area (Å²) in [4.78, 5) is 28.2. The second kappa shape index (κ2) is 7.29. The molecule has 1 fully saturated rings. The Bertz CT molecular complexity index is 516. The Balaban J connectivity index is 1.95. The zero-order valence-electron chi connectivity index (χ0n) is 12.6. The fraction of sp³-hybridized carbons (Fsp3) is 0.571. The summed E-state index contributed by atoms with van der Waals surface area (Å²) in [6.45, 7) is 3.71. The van der Waals surface area contributed by atoms with Gasteiger partial charge in [0.2, 0.25) is 11.8 Å². The van der Waals surface area contributed by atoms with E-state index in [4.69, 9.17) is 0 Å². The molecule has 0 aromatic carbocycles. The zero-order valence-corrected chi connectivity index (χ0v) is 14.3. The molecule has 1 aromatic heterocycles. The molecular weight excluding hydrogens is 306 g/mol. The minimum Gasteiger partial charge on any atom is -0.349 e. The van der Waals surface area contributed by atoms with Crippen molar-refractivity contribution in [3.05, 3.63) is 21.9 Å². The molecule has 0 aliphatic carbocycles. The lowest BCUT2D eigenvalue weighted by Gasteiger charge is -2.23. The van der Waals surface area contributed by atoms with E-state index in [-0.39, 0.29) is 23.7 Å². The van der Waals surface area contributed by atoms with Crippen molar-refractivity contribution < 1.29 is 14.5 Å². The standard InChI is InChI=1S/C14H21N3O2S2/c1-10-4-7-20-13(10)14-17(12(19)9-21-14)8-11(18)15-5-6-16(2)3/h4,7,14H,5-6,8-9H2,1-3H3,(H,15,18)/p+1/t14-/m1/s1. The van der Waals surface area contributed by atoms with Gasteiger partial charge in [-0.3, -0.25) is 9.59 Å². The topological polar surface area (TPSA) is 53.9 Å². The molecule has 7 heteroatoms. The first-order valence-corrected chi connectivity index (χ1v) is 8.92. The van der Waals surface area contributed by atoms with E-state index in [1.54, 1.807) is 28.0 Å². The molecule has 1 aliphatic heterocycles. The maximum absolute atomic E-state index is 12.0. The second-order valence-corrected chi connectivity index (χ2v) is 7.48. The smallest absolute Gasteiger partial charge is 0.239 e. The van der Waals surface area contributed by atoms with Crippen molar-refractivity contribution in [2.24, 2.45) is 0 Å². The Morgan fingerprint density at radius 2 is 2.29 bits per heavy atom. The normalized spacial score (nSPS) is 18.6. The van der Waals surface area contributed by atoms with E-state index in [1.165, 1.54) is 15.3 Å². The van der Waals surface area contributed by atoms with E-state index in [0.29, 0.717) is 12.3 Å². The molecule has 5 nitrogen and oxygen atoms in total. The number of amides is 2. The molecule has 2 heterocycles. The van der Waals surface area contributed by atoms with E-state index in [1.807, 2.05) is 26.4 Å². The second-order valence-electron chi connectivity index (χ2n) is 5.46. The first-order valence-electron chi connectivity index (χ1n) is 7.00. The third-order valence-corrected chi connectivity index (χ3v) is 5.80. The highest BCUT2D eigenvalue weighted by molar-refractivity contribution is 8.00. The monoisotopic (exact) mass is 328 g/mol. The van der Waals surface area contributed by atoms with Crippen LogP contribution in [0.1, 0.15) is 15.8 Å². The van der Waals surface area contributed by atoms with Crippen molar-refractivity contribution >= 4 is 34.9 Å². The Hall–Kier alpha value is -1.05. The predicted molar refractivity (Wildman–Crippen MR) is 86.7 cm³/mol. The van der Waals surface area contributed by atoms with Gasteiger partial charge in [-0.25, -0.2) is 0 Å². The largest absolute Gasteiger partial charge is 0.349 e. The summed E-state index contributed by atoms with van der Waals surface area (Å²) in [5.74, 6) is 0.425. The molecule has 1 aromatic rings. The third-order valence-electron chi connectivity index (χ3n) is 3.36. The highest BCUT2D eigenvalue weighted by Crippen LogP contribution is 2.41. The number of rotatable bonds is 6. The van der Waals surface area contributed by atoms with Gasteiger partial charge in [0.1, 0.15) is 11.9 Å². The molecule has 2 N–H and O–H groups in total. The Labute approximate surface area is 133 Å². The number of likely N-dealkylation sites (N-methyl/N-ethyl adjacent to an activating group) is 1. The van der Waals surface area contributed by atoms with Crippen LogP contribution in [0, 0.1) is 6.92 Å². The fourth-order valence-corrected chi connectivity index (χ4v) is 4.60. The molecule has 1 atom stereocenters. The number of quaternary nitrogens is 1. The van der Waals surface area contributed by atoms with Crippen LogP contribution >= 0.6 is 23.1 Å². The van der Waals surface area contributed by atoms with Crippen LogP contribution in [0.3, 0.4) is 0 Å². The van der Waals surface area contributed by atoms with Gasteiger partial charge in [0, 0.05) is 4.88 Å². The van der Waals surface area contributed by atoms with E-state index in [9.17, 15) is 9.59 Å². The molecule has 2 rings (SSSR count). The Kier molecular flexibility index (Phi) is 5.66. The van der Waals surface area contributed by atoms with Crippen LogP contribution in [-0.4, -0.2) is 56.2 Å². The van der Waals surface area contributed by atoms with Crippen molar-refractivity contribution in [1.82, 2.24) is 10.2 Å². The highest BCUT2D eigenvalue weighted by Gasteiger charge is 2.35. The van der Waals surface area contributed by atoms with Gasteiger partial charge in [0.05, 0.1) is 32.9 Å². The number of nitrogens with one attached hydrogen (secondary N) is 2. The van der Waals surface area contributed by atoms with Gasteiger partial charge in [-0.05, 0) is 23.9 Å². The lowest BCUT2D eigenvalue weighted by Crippen LogP contribution is -3.06. The number of nitrogens with zero attached hydrogens (tertiary/aromatic N) is 1. The van der Waals surface area contributed by atoms with Crippen LogP contribution in [0.15, 0.2) is 11.4 Å². The van der Waals surface area contributed by atoms with Crippen molar-refractivity contribution in [3.8, 4) is 0 Å². The van der Waals surface area contributed by atoms with E-state index in [2.05, 4.69) is 11.4 Å². The first kappa shape index (κ1) is 16.3. The first-order chi connectivity index (χ1) is 9.99. The van der Waals surface area contributed by atoms with Crippen LogP contribution in [0.4, 0.5) is 0 Å². The Morgan fingerprint density at radius 1 is 1.52 bits per heavy atom. The number of carbonyl (C=O) groups is 2. The minimum absolute atomic E-state index is 0.0114. The summed E-state index contributed by atoms with van der Waals surface area (Å²) in [5.41, 5.74) is 1.19. The summed E-state index contributed by atoms with van der Waals surface area (Å²) in [7, 11) is 4.09. The molecule has 1 saturated heterocycles. The summed E-state index contributed by atoms with van der Waals surface area (Å²) in [6.07, 6.45) is 0. The number of thioether (sulfide) groups is 1. The van der Waals surface area contributed by atoms with Gasteiger partial charge < -0.3 is 15.1 Å². The average molecular weight is 328 g/mol. The van der Waals surface area contributed by atoms with Gasteiger partial charge >= 0.3 is 0 Å². The molecular formula is C14H22N3O2S2+. The molecule has 0 saturated carbocycles. The molecule has 0 radical (unpaired) electrons. The quantitative estimate of drug-likeness (QED) is 0.766. The summed E-state index contributed by atoms with van der Waals surface area (Å²) < 4.78 is 0. The zero-order chi connectivity index (χ0) is 15.4. The van der Waals surface area contributed by atoms with Crippen molar-refractivity contribution in [1.29, 1.82) is 0 Å². The van der Waals surface area contributed by atoms with Gasteiger partial charge in [0.15, 0.2) is 0 Å². The van der Waals surface area contributed by atoms with Gasteiger partial charge in [-0.2, -0.15) is 0 Å². The van der Waals surface area contributed by atoms with Gasteiger partial charge in [-0.1, -0.05) is 0 Å². The molecule has 1 aliphatic rings. The predicted octanol–water partition coefficient (Wildman–Crippen LogP) is -0.109. The fourth-order valence-electron chi connectivity index (χ4n) is 2.14. The van der Waals surface area contributed by atoms with Crippen LogP contribution in [0.5, 0.6) is 0 Å². The molecule has 2 amide bonds.